The molecule has 1 aliphatic heterocycles. The van der Waals surface area contributed by atoms with Crippen molar-refractivity contribution in [3.8, 4) is 0 Å². The van der Waals surface area contributed by atoms with Crippen LogP contribution < -0.4 is 16.4 Å². The fourth-order valence-electron chi connectivity index (χ4n) is 5.06. The number of carbonyl (C=O) groups excluding carboxylic acids is 3. The van der Waals surface area contributed by atoms with Gasteiger partial charge in [-0.05, 0) is 12.8 Å². The lowest BCUT2D eigenvalue weighted by Crippen LogP contribution is -2.46. The maximum Gasteiger partial charge on any atom is 0.481 e. The van der Waals surface area contributed by atoms with Crippen molar-refractivity contribution in [2.75, 3.05) is 37.8 Å². The first-order valence-corrected chi connectivity index (χ1v) is 22.8. The predicted octanol–water partition coefficient (Wildman–Crippen LogP) is 0.801. The Labute approximate surface area is 330 Å². The highest BCUT2D eigenvalue weighted by atomic mass is 32.2. The molecular weight excluding hydrogens is 843 g/mol. The summed E-state index contributed by atoms with van der Waals surface area (Å²) in [6, 6.07) is 0. The van der Waals surface area contributed by atoms with Gasteiger partial charge in [-0.3, -0.25) is 32.5 Å². The Morgan fingerprint density at radius 1 is 1.07 bits per heavy atom. The van der Waals surface area contributed by atoms with Crippen LogP contribution in [0.4, 0.5) is 5.82 Å². The van der Waals surface area contributed by atoms with Gasteiger partial charge in [0, 0.05) is 36.3 Å². The van der Waals surface area contributed by atoms with Crippen molar-refractivity contribution in [2.45, 2.75) is 84.0 Å². The SMILES string of the molecule is CCC/C=C(\CC)C(=O)SCCNC(=O)CCNC(=O)[C@H](O)C(C)(C)COP(=O)(O)OP(=O)(O)OC[C@H]1O[C@@H](n2cnc3c(N)ncnc32)[C@H](O)[C@@H]1OP(=O)(O)O. The number of fused-ring (bicyclic) bond motifs is 1. The molecule has 24 nitrogen and oxygen atoms in total. The number of imidazole rings is 1. The molecule has 1 aliphatic rings. The summed E-state index contributed by atoms with van der Waals surface area (Å²) >= 11 is 1.09. The summed E-state index contributed by atoms with van der Waals surface area (Å²) in [5, 5.41) is 26.4. The standard InChI is InChI=1S/C29H48N7O17P3S/c1-5-7-8-17(6-2)28(41)57-12-11-31-19(37)9-10-32-26(40)23(39)29(3,4)14-50-56(47,48)53-55(45,46)49-13-18-22(52-54(42,43)44)21(38)27(51-18)36-16-35-20-24(30)33-15-34-25(20)36/h8,15-16,18,21-23,27,38-39H,5-7,9-14H2,1-4H3,(H,31,37)(H,32,40)(H,45,46)(H,47,48)(H2,30,33,34)(H2,42,43,44)/b17-8+/t18-,21-,22-,23+,27-/m1/s1. The van der Waals surface area contributed by atoms with Gasteiger partial charge in [0.1, 0.15) is 36.3 Å². The molecule has 2 unspecified atom stereocenters. The number of carbonyl (C=O) groups is 3. The Morgan fingerprint density at radius 2 is 1.75 bits per heavy atom. The average molecular weight is 892 g/mol. The molecule has 7 atom stereocenters. The number of nitrogens with two attached hydrogens (primary N) is 1. The number of nitrogens with one attached hydrogen (secondary N) is 2. The molecular formula is C29H48N7O17P3S. The van der Waals surface area contributed by atoms with Crippen LogP contribution in [0.15, 0.2) is 24.3 Å². The summed E-state index contributed by atoms with van der Waals surface area (Å²) < 4.78 is 62.2. The second-order valence-corrected chi connectivity index (χ2v) is 18.4. The Kier molecular flexibility index (Phi) is 17.9. The second kappa shape index (κ2) is 21.0. The Bertz CT molecular complexity index is 1900. The maximum absolute atomic E-state index is 12.7. The molecule has 322 valence electrons. The first-order chi connectivity index (χ1) is 26.5. The molecule has 0 radical (unpaired) electrons. The molecule has 0 spiro atoms. The van der Waals surface area contributed by atoms with E-state index in [1.807, 2.05) is 19.9 Å². The number of aliphatic hydroxyl groups is 2. The van der Waals surface area contributed by atoms with E-state index in [1.54, 1.807) is 0 Å². The molecule has 2 aromatic rings. The number of rotatable bonds is 23. The van der Waals surface area contributed by atoms with Crippen molar-refractivity contribution in [1.29, 1.82) is 0 Å². The monoisotopic (exact) mass is 891 g/mol. The fraction of sp³-hybridized carbons (Fsp3) is 0.655. The van der Waals surface area contributed by atoms with E-state index >= 15 is 0 Å². The zero-order chi connectivity index (χ0) is 42.8. The van der Waals surface area contributed by atoms with Gasteiger partial charge in [0.25, 0.3) is 0 Å². The zero-order valence-electron chi connectivity index (χ0n) is 31.3. The minimum atomic E-state index is -5.57. The summed E-state index contributed by atoms with van der Waals surface area (Å²) in [4.78, 5) is 88.0. The number of aliphatic hydroxyl groups excluding tert-OH is 2. The minimum Gasteiger partial charge on any atom is -0.386 e. The van der Waals surface area contributed by atoms with Gasteiger partial charge in [-0.25, -0.2) is 28.6 Å². The smallest absolute Gasteiger partial charge is 0.386 e. The van der Waals surface area contributed by atoms with Crippen LogP contribution in [0.2, 0.25) is 0 Å². The van der Waals surface area contributed by atoms with Crippen LogP contribution in [0.3, 0.4) is 0 Å². The van der Waals surface area contributed by atoms with Crippen molar-refractivity contribution in [1.82, 2.24) is 30.2 Å². The first-order valence-electron chi connectivity index (χ1n) is 17.3. The van der Waals surface area contributed by atoms with E-state index in [-0.39, 0.29) is 41.6 Å². The number of hydrogen-bond donors (Lipinski definition) is 9. The van der Waals surface area contributed by atoms with E-state index in [9.17, 15) is 57.9 Å². The first kappa shape index (κ1) is 48.7. The van der Waals surface area contributed by atoms with Crippen molar-refractivity contribution < 1.29 is 80.5 Å². The Hall–Kier alpha value is -2.70. The minimum absolute atomic E-state index is 0.0309. The number of nitrogens with zero attached hydrogens (tertiary/aromatic N) is 4. The topological polar surface area (TPSA) is 364 Å². The average Bonchev–Trinajstić information content (AvgIpc) is 3.68. The van der Waals surface area contributed by atoms with Crippen molar-refractivity contribution in [2.24, 2.45) is 5.41 Å². The maximum atomic E-state index is 12.7. The predicted molar refractivity (Wildman–Crippen MR) is 200 cm³/mol. The number of anilines is 1. The largest absolute Gasteiger partial charge is 0.481 e. The number of phosphoric ester groups is 3. The van der Waals surface area contributed by atoms with Crippen molar-refractivity contribution in [3.05, 3.63) is 24.3 Å². The van der Waals surface area contributed by atoms with Crippen LogP contribution in [0.5, 0.6) is 0 Å². The van der Waals surface area contributed by atoms with E-state index in [1.165, 1.54) is 13.8 Å². The molecule has 3 rings (SSSR count). The van der Waals surface area contributed by atoms with E-state index in [0.717, 1.165) is 47.4 Å². The number of hydrogen-bond acceptors (Lipinski definition) is 18. The number of phosphoric acid groups is 3. The summed E-state index contributed by atoms with van der Waals surface area (Å²) in [6.45, 7) is 4.40. The van der Waals surface area contributed by atoms with Gasteiger partial charge in [-0.2, -0.15) is 4.31 Å². The quantitative estimate of drug-likeness (QED) is 0.0423. The van der Waals surface area contributed by atoms with Crippen LogP contribution in [-0.4, -0.2) is 123 Å². The highest BCUT2D eigenvalue weighted by Gasteiger charge is 2.50. The lowest BCUT2D eigenvalue weighted by atomic mass is 9.87. The summed E-state index contributed by atoms with van der Waals surface area (Å²) in [7, 11) is -16.4. The highest BCUT2D eigenvalue weighted by Crippen LogP contribution is 2.61. The number of thioether (sulfide) groups is 1. The molecule has 0 saturated carbocycles. The van der Waals surface area contributed by atoms with Gasteiger partial charge >= 0.3 is 23.5 Å². The van der Waals surface area contributed by atoms with E-state index in [2.05, 4.69) is 34.4 Å². The second-order valence-electron chi connectivity index (χ2n) is 13.1. The highest BCUT2D eigenvalue weighted by molar-refractivity contribution is 8.14. The van der Waals surface area contributed by atoms with Gasteiger partial charge in [0.05, 0.1) is 19.5 Å². The van der Waals surface area contributed by atoms with Gasteiger partial charge in [-0.1, -0.05) is 52.0 Å². The van der Waals surface area contributed by atoms with E-state index < -0.39 is 84.6 Å². The third-order valence-electron chi connectivity index (χ3n) is 8.06. The summed E-state index contributed by atoms with van der Waals surface area (Å²) in [5.74, 6) is -1.10. The van der Waals surface area contributed by atoms with Crippen LogP contribution in [-0.2, 0) is 50.7 Å². The summed E-state index contributed by atoms with van der Waals surface area (Å²) in [6.07, 6.45) is -2.68. The van der Waals surface area contributed by atoms with Gasteiger partial charge in [-0.15, -0.1) is 0 Å². The summed E-state index contributed by atoms with van der Waals surface area (Å²) in [5.41, 5.74) is 4.99. The van der Waals surface area contributed by atoms with Crippen LogP contribution in [0.25, 0.3) is 11.2 Å². The number of allylic oxidation sites excluding steroid dienone is 1. The number of nitrogen functional groups attached to an aromatic ring is 1. The Balaban J connectivity index is 1.48. The molecule has 0 aliphatic carbocycles. The molecule has 10 N–H and O–H groups in total. The number of aromatic nitrogens is 4. The third kappa shape index (κ3) is 14.8. The van der Waals surface area contributed by atoms with E-state index in [0.29, 0.717) is 12.2 Å². The van der Waals surface area contributed by atoms with Gasteiger partial charge in [0.2, 0.25) is 16.9 Å². The zero-order valence-corrected chi connectivity index (χ0v) is 34.8. The van der Waals surface area contributed by atoms with Gasteiger partial charge in [0.15, 0.2) is 17.7 Å². The number of unbranched alkanes of at least 4 members (excludes halogenated alkanes) is 1. The van der Waals surface area contributed by atoms with Crippen LogP contribution in [0.1, 0.15) is 59.6 Å². The molecule has 28 heteroatoms. The molecule has 1 fully saturated rings. The van der Waals surface area contributed by atoms with Crippen molar-refractivity contribution >= 4 is 69.1 Å². The fourth-order valence-corrected chi connectivity index (χ4v) is 8.69. The lowest BCUT2D eigenvalue weighted by molar-refractivity contribution is -0.137. The molecule has 57 heavy (non-hydrogen) atoms. The third-order valence-corrected chi connectivity index (χ3v) is 12.1. The molecule has 0 bridgehead atoms. The number of amides is 2. The Morgan fingerprint density at radius 3 is 2.40 bits per heavy atom. The van der Waals surface area contributed by atoms with E-state index in [4.69, 9.17) is 19.5 Å². The van der Waals surface area contributed by atoms with Crippen molar-refractivity contribution in [3.63, 3.8) is 0 Å². The number of ether oxygens (including phenoxy) is 1. The lowest BCUT2D eigenvalue weighted by Gasteiger charge is -2.30. The molecule has 2 aromatic heterocycles. The molecule has 3 heterocycles. The molecule has 0 aromatic carbocycles. The van der Waals surface area contributed by atoms with Gasteiger partial charge < -0.3 is 50.9 Å². The molecule has 1 saturated heterocycles. The van der Waals surface area contributed by atoms with Crippen LogP contribution >= 0.6 is 35.2 Å². The van der Waals surface area contributed by atoms with Crippen LogP contribution in [0, 0.1) is 5.41 Å². The normalized spacial score (nSPS) is 21.8. The molecule has 2 amide bonds.